The van der Waals surface area contributed by atoms with Crippen LogP contribution in [0.3, 0.4) is 0 Å². The molecule has 0 spiro atoms. The van der Waals surface area contributed by atoms with E-state index >= 15 is 0 Å². The van der Waals surface area contributed by atoms with Gasteiger partial charge in [0.2, 0.25) is 0 Å². The van der Waals surface area contributed by atoms with Gasteiger partial charge >= 0.3 is 0 Å². The van der Waals surface area contributed by atoms with Crippen LogP contribution >= 0.6 is 0 Å². The lowest BCUT2D eigenvalue weighted by atomic mass is 10.2. The molecule has 1 radical (unpaired) electrons. The largest absolute Gasteiger partial charge is 0.237 e. The van der Waals surface area contributed by atoms with Crippen LogP contribution < -0.4 is 0 Å². The predicted octanol–water partition coefficient (Wildman–Crippen LogP) is 6.01. The normalized spacial score (nSPS) is 12.3. The van der Waals surface area contributed by atoms with E-state index in [1.54, 1.807) is 0 Å². The van der Waals surface area contributed by atoms with Crippen LogP contribution in [0.5, 0.6) is 0 Å². The summed E-state index contributed by atoms with van der Waals surface area (Å²) in [6.45, 7) is 2.32. The maximum atomic E-state index is 10.2. The van der Waals surface area contributed by atoms with Crippen molar-refractivity contribution in [3.8, 4) is 0 Å². The SMILES string of the molecule is CCCCC/C=C/C/C=C/C/C=C/CCCCC[O]. The van der Waals surface area contributed by atoms with Crippen molar-refractivity contribution < 1.29 is 5.11 Å². The second-order valence-electron chi connectivity index (χ2n) is 4.93. The highest BCUT2D eigenvalue weighted by atomic mass is 16.2. The molecule has 0 N–H and O–H groups in total. The monoisotopic (exact) mass is 263 g/mol. The standard InChI is InChI=1S/C18H31O/c1-2-3-4-5-6-7-8-9-10-11-12-13-14-15-16-17-18-19/h6-7,9-10,12-13H,2-5,8,11,14-18H2,1H3/b7-6+,10-9+,13-12+. The zero-order valence-corrected chi connectivity index (χ0v) is 12.7. The van der Waals surface area contributed by atoms with Gasteiger partial charge in [-0.1, -0.05) is 62.6 Å². The Labute approximate surface area is 120 Å². The van der Waals surface area contributed by atoms with Crippen molar-refractivity contribution in [3.63, 3.8) is 0 Å². The highest BCUT2D eigenvalue weighted by Gasteiger charge is 1.85. The van der Waals surface area contributed by atoms with E-state index in [2.05, 4.69) is 43.4 Å². The molecule has 0 aromatic rings. The zero-order chi connectivity index (χ0) is 14.0. The molecule has 0 saturated carbocycles. The summed E-state index contributed by atoms with van der Waals surface area (Å²) in [6, 6.07) is 0. The van der Waals surface area contributed by atoms with Gasteiger partial charge in [0.05, 0.1) is 6.61 Å². The fraction of sp³-hybridized carbons (Fsp3) is 0.667. The molecular weight excluding hydrogens is 232 g/mol. The first kappa shape index (κ1) is 18.2. The van der Waals surface area contributed by atoms with Crippen LogP contribution in [0.25, 0.3) is 0 Å². The molecule has 0 aliphatic heterocycles. The molecule has 19 heavy (non-hydrogen) atoms. The van der Waals surface area contributed by atoms with Gasteiger partial charge in [0, 0.05) is 0 Å². The summed E-state index contributed by atoms with van der Waals surface area (Å²) in [6.07, 6.45) is 24.9. The maximum absolute atomic E-state index is 10.2. The first-order valence-electron chi connectivity index (χ1n) is 7.95. The predicted molar refractivity (Wildman–Crippen MR) is 84.8 cm³/mol. The minimum absolute atomic E-state index is 0.0818. The second-order valence-corrected chi connectivity index (χ2v) is 4.93. The van der Waals surface area contributed by atoms with Crippen molar-refractivity contribution in [2.24, 2.45) is 0 Å². The van der Waals surface area contributed by atoms with Gasteiger partial charge in [-0.3, -0.25) is 0 Å². The molecule has 0 fully saturated rings. The molecule has 0 rings (SSSR count). The van der Waals surface area contributed by atoms with Gasteiger partial charge in [-0.25, -0.2) is 5.11 Å². The molecule has 109 valence electrons. The number of unbranched alkanes of at least 4 members (excludes halogenated alkanes) is 6. The van der Waals surface area contributed by atoms with Crippen molar-refractivity contribution >= 4 is 0 Å². The third-order valence-corrected chi connectivity index (χ3v) is 3.03. The van der Waals surface area contributed by atoms with Crippen molar-refractivity contribution in [2.45, 2.75) is 71.1 Å². The van der Waals surface area contributed by atoms with Crippen LogP contribution in [-0.2, 0) is 5.11 Å². The average Bonchev–Trinajstić information content (AvgIpc) is 2.43. The summed E-state index contributed by atoms with van der Waals surface area (Å²) in [4.78, 5) is 0. The van der Waals surface area contributed by atoms with Crippen LogP contribution in [0, 0.1) is 0 Å². The average molecular weight is 263 g/mol. The van der Waals surface area contributed by atoms with Crippen molar-refractivity contribution in [2.75, 3.05) is 6.61 Å². The first-order chi connectivity index (χ1) is 9.41. The summed E-state index contributed by atoms with van der Waals surface area (Å²) in [5, 5.41) is 10.2. The van der Waals surface area contributed by atoms with E-state index in [4.69, 9.17) is 0 Å². The minimum Gasteiger partial charge on any atom is -0.237 e. The maximum Gasteiger partial charge on any atom is 0.0822 e. The second kappa shape index (κ2) is 17.2. The quantitative estimate of drug-likeness (QED) is 0.286. The smallest absolute Gasteiger partial charge is 0.0822 e. The Balaban J connectivity index is 3.26. The Hall–Kier alpha value is -0.820. The Morgan fingerprint density at radius 2 is 1.16 bits per heavy atom. The Morgan fingerprint density at radius 3 is 1.68 bits per heavy atom. The van der Waals surface area contributed by atoms with Crippen LogP contribution in [0.4, 0.5) is 0 Å². The first-order valence-corrected chi connectivity index (χ1v) is 7.95. The molecular formula is C18H31O. The van der Waals surface area contributed by atoms with E-state index in [0.717, 1.165) is 38.5 Å². The number of allylic oxidation sites excluding steroid dienone is 6. The molecule has 0 atom stereocenters. The molecule has 1 nitrogen and oxygen atoms in total. The van der Waals surface area contributed by atoms with Gasteiger partial charge in [-0.15, -0.1) is 0 Å². The summed E-state index contributed by atoms with van der Waals surface area (Å²) >= 11 is 0. The zero-order valence-electron chi connectivity index (χ0n) is 12.7. The lowest BCUT2D eigenvalue weighted by Gasteiger charge is -1.92. The lowest BCUT2D eigenvalue weighted by Crippen LogP contribution is -1.79. The molecule has 0 unspecified atom stereocenters. The van der Waals surface area contributed by atoms with Gasteiger partial charge in [0.1, 0.15) is 0 Å². The number of rotatable bonds is 13. The molecule has 1 heteroatoms. The van der Waals surface area contributed by atoms with Crippen LogP contribution in [-0.4, -0.2) is 6.61 Å². The Bertz CT molecular complexity index is 238. The molecule has 0 aliphatic rings. The van der Waals surface area contributed by atoms with E-state index in [1.165, 1.54) is 25.7 Å². The van der Waals surface area contributed by atoms with Crippen molar-refractivity contribution in [1.29, 1.82) is 0 Å². The fourth-order valence-corrected chi connectivity index (χ4v) is 1.83. The van der Waals surface area contributed by atoms with E-state index in [1.807, 2.05) is 0 Å². The fourth-order valence-electron chi connectivity index (χ4n) is 1.83. The van der Waals surface area contributed by atoms with E-state index in [9.17, 15) is 5.11 Å². The van der Waals surface area contributed by atoms with Gasteiger partial charge < -0.3 is 0 Å². The molecule has 0 aromatic heterocycles. The number of hydrogen-bond donors (Lipinski definition) is 0. The Kier molecular flexibility index (Phi) is 16.4. The summed E-state index contributed by atoms with van der Waals surface area (Å²) in [5.74, 6) is 0. The summed E-state index contributed by atoms with van der Waals surface area (Å²) in [7, 11) is 0. The summed E-state index contributed by atoms with van der Waals surface area (Å²) in [5.41, 5.74) is 0. The van der Waals surface area contributed by atoms with Gasteiger partial charge in [0.25, 0.3) is 0 Å². The van der Waals surface area contributed by atoms with E-state index in [0.29, 0.717) is 0 Å². The molecule has 0 aromatic carbocycles. The van der Waals surface area contributed by atoms with Crippen LogP contribution in [0.15, 0.2) is 36.5 Å². The van der Waals surface area contributed by atoms with Crippen LogP contribution in [0.1, 0.15) is 71.1 Å². The summed E-state index contributed by atoms with van der Waals surface area (Å²) < 4.78 is 0. The van der Waals surface area contributed by atoms with Gasteiger partial charge in [-0.2, -0.15) is 0 Å². The van der Waals surface area contributed by atoms with Gasteiger partial charge in [0.15, 0.2) is 0 Å². The third-order valence-electron chi connectivity index (χ3n) is 3.03. The third kappa shape index (κ3) is 17.2. The van der Waals surface area contributed by atoms with Crippen LogP contribution in [0.2, 0.25) is 0 Å². The Morgan fingerprint density at radius 1 is 0.632 bits per heavy atom. The molecule has 0 bridgehead atoms. The van der Waals surface area contributed by atoms with Crippen molar-refractivity contribution in [1.82, 2.24) is 0 Å². The number of hydrogen-bond acceptors (Lipinski definition) is 0. The van der Waals surface area contributed by atoms with Gasteiger partial charge in [-0.05, 0) is 44.9 Å². The van der Waals surface area contributed by atoms with Crippen molar-refractivity contribution in [3.05, 3.63) is 36.5 Å². The highest BCUT2D eigenvalue weighted by Crippen LogP contribution is 2.02. The molecule has 0 aliphatic carbocycles. The molecule has 0 heterocycles. The van der Waals surface area contributed by atoms with E-state index < -0.39 is 0 Å². The molecule has 0 amide bonds. The minimum atomic E-state index is 0.0818. The highest BCUT2D eigenvalue weighted by molar-refractivity contribution is 4.97. The van der Waals surface area contributed by atoms with E-state index in [-0.39, 0.29) is 6.61 Å². The topological polar surface area (TPSA) is 19.9 Å². The molecule has 0 saturated heterocycles. The lowest BCUT2D eigenvalue weighted by molar-refractivity contribution is 0.186.